The van der Waals surface area contributed by atoms with Crippen LogP contribution in [0.5, 0.6) is 0 Å². The summed E-state index contributed by atoms with van der Waals surface area (Å²) in [5.41, 5.74) is 1.96. The second kappa shape index (κ2) is 7.43. The maximum atomic E-state index is 12.2. The molecule has 1 heterocycles. The Hall–Kier alpha value is -1.58. The lowest BCUT2D eigenvalue weighted by Crippen LogP contribution is -2.26. The van der Waals surface area contributed by atoms with Crippen LogP contribution in [0, 0.1) is 0 Å². The molecule has 0 bridgehead atoms. The summed E-state index contributed by atoms with van der Waals surface area (Å²) in [5, 5.41) is 1.01. The molecule has 2 rings (SSSR count). The van der Waals surface area contributed by atoms with Gasteiger partial charge in [0.1, 0.15) is 0 Å². The van der Waals surface area contributed by atoms with E-state index in [1.165, 1.54) is 0 Å². The molecule has 1 aromatic carbocycles. The van der Waals surface area contributed by atoms with Crippen LogP contribution in [0.25, 0.3) is 0 Å². The molecule has 2 aromatic rings. The maximum Gasteiger partial charge on any atom is 0.222 e. The van der Waals surface area contributed by atoms with Crippen LogP contribution in [-0.4, -0.2) is 22.8 Å². The van der Waals surface area contributed by atoms with E-state index in [1.54, 1.807) is 30.4 Å². The van der Waals surface area contributed by atoms with Gasteiger partial charge in [0, 0.05) is 32.4 Å². The van der Waals surface area contributed by atoms with E-state index in [0.717, 1.165) is 11.1 Å². The number of halogens is 2. The number of pyridine rings is 1. The normalized spacial score (nSPS) is 10.4. The fraction of sp³-hybridized carbons (Fsp3) is 0.250. The van der Waals surface area contributed by atoms with Crippen LogP contribution in [0.1, 0.15) is 17.5 Å². The molecule has 0 aliphatic carbocycles. The number of rotatable bonds is 5. The van der Waals surface area contributed by atoms with Gasteiger partial charge in [0.05, 0.1) is 10.0 Å². The zero-order valence-electron chi connectivity index (χ0n) is 11.7. The first-order chi connectivity index (χ1) is 10.1. The van der Waals surface area contributed by atoms with Gasteiger partial charge < -0.3 is 4.90 Å². The zero-order chi connectivity index (χ0) is 15.2. The summed E-state index contributed by atoms with van der Waals surface area (Å²) in [5.74, 6) is 0.0721. The second-order valence-corrected chi connectivity index (χ2v) is 5.60. The number of aryl methyl sites for hydroxylation is 1. The third-order valence-electron chi connectivity index (χ3n) is 3.24. The van der Waals surface area contributed by atoms with Gasteiger partial charge in [-0.05, 0) is 35.7 Å². The number of hydrogen-bond donors (Lipinski definition) is 0. The third-order valence-corrected chi connectivity index (χ3v) is 4.10. The molecule has 5 heteroatoms. The van der Waals surface area contributed by atoms with Crippen LogP contribution >= 0.6 is 23.2 Å². The van der Waals surface area contributed by atoms with Crippen molar-refractivity contribution in [1.29, 1.82) is 0 Å². The lowest BCUT2D eigenvalue weighted by Gasteiger charge is -2.18. The minimum atomic E-state index is 0.0721. The molecular weight excluding hydrogens is 307 g/mol. The number of carbonyl (C=O) groups excluding carboxylic acids is 1. The summed E-state index contributed by atoms with van der Waals surface area (Å²) in [6, 6.07) is 9.28. The molecule has 21 heavy (non-hydrogen) atoms. The van der Waals surface area contributed by atoms with Gasteiger partial charge >= 0.3 is 0 Å². The Morgan fingerprint density at radius 2 is 1.90 bits per heavy atom. The monoisotopic (exact) mass is 322 g/mol. The van der Waals surface area contributed by atoms with Crippen molar-refractivity contribution in [3.05, 3.63) is 63.9 Å². The van der Waals surface area contributed by atoms with E-state index in [0.29, 0.717) is 29.4 Å². The molecule has 0 N–H and O–H groups in total. The van der Waals surface area contributed by atoms with Gasteiger partial charge in [0.2, 0.25) is 5.91 Å². The van der Waals surface area contributed by atoms with E-state index in [-0.39, 0.29) is 5.91 Å². The van der Waals surface area contributed by atoms with E-state index in [1.807, 2.05) is 24.3 Å². The first-order valence-electron chi connectivity index (χ1n) is 6.63. The second-order valence-electron chi connectivity index (χ2n) is 4.82. The van der Waals surface area contributed by atoms with Crippen LogP contribution in [0.3, 0.4) is 0 Å². The summed E-state index contributed by atoms with van der Waals surface area (Å²) < 4.78 is 0. The predicted octanol–water partition coefficient (Wildman–Crippen LogP) is 3.98. The van der Waals surface area contributed by atoms with Gasteiger partial charge in [0.15, 0.2) is 0 Å². The Morgan fingerprint density at radius 1 is 1.19 bits per heavy atom. The average Bonchev–Trinajstić information content (AvgIpc) is 2.50. The van der Waals surface area contributed by atoms with Gasteiger partial charge in [-0.1, -0.05) is 35.3 Å². The van der Waals surface area contributed by atoms with E-state index in [9.17, 15) is 4.79 Å². The Bertz CT molecular complexity index is 617. The topological polar surface area (TPSA) is 33.2 Å². The molecule has 0 unspecified atom stereocenters. The Morgan fingerprint density at radius 3 is 2.62 bits per heavy atom. The highest BCUT2D eigenvalue weighted by Crippen LogP contribution is 2.26. The largest absolute Gasteiger partial charge is 0.341 e. The highest BCUT2D eigenvalue weighted by molar-refractivity contribution is 6.42. The molecule has 1 aromatic heterocycles. The third kappa shape index (κ3) is 4.45. The fourth-order valence-corrected chi connectivity index (χ4v) is 2.39. The smallest absolute Gasteiger partial charge is 0.222 e. The van der Waals surface area contributed by atoms with E-state index in [2.05, 4.69) is 4.98 Å². The van der Waals surface area contributed by atoms with Crippen molar-refractivity contribution in [3.8, 4) is 0 Å². The minimum absolute atomic E-state index is 0.0721. The summed E-state index contributed by atoms with van der Waals surface area (Å²) in [7, 11) is 1.77. The van der Waals surface area contributed by atoms with Gasteiger partial charge in [0.25, 0.3) is 0 Å². The highest BCUT2D eigenvalue weighted by Gasteiger charge is 2.12. The summed E-state index contributed by atoms with van der Waals surface area (Å²) >= 11 is 12.1. The summed E-state index contributed by atoms with van der Waals surface area (Å²) in [4.78, 5) is 17.8. The molecule has 0 atom stereocenters. The molecule has 3 nitrogen and oxygen atoms in total. The van der Waals surface area contributed by atoms with Crippen molar-refractivity contribution in [2.45, 2.75) is 19.4 Å². The van der Waals surface area contributed by atoms with Crippen LogP contribution in [0.15, 0.2) is 42.7 Å². The van der Waals surface area contributed by atoms with Crippen molar-refractivity contribution in [2.24, 2.45) is 0 Å². The first-order valence-corrected chi connectivity index (χ1v) is 7.39. The summed E-state index contributed by atoms with van der Waals surface area (Å²) in [6.45, 7) is 0.453. The minimum Gasteiger partial charge on any atom is -0.341 e. The lowest BCUT2D eigenvalue weighted by atomic mass is 10.1. The van der Waals surface area contributed by atoms with Crippen LogP contribution in [0.4, 0.5) is 0 Å². The van der Waals surface area contributed by atoms with Crippen LogP contribution in [0.2, 0.25) is 10.0 Å². The molecule has 0 spiro atoms. The van der Waals surface area contributed by atoms with Crippen molar-refractivity contribution < 1.29 is 4.79 Å². The summed E-state index contributed by atoms with van der Waals surface area (Å²) in [6.07, 6.45) is 4.62. The SMILES string of the molecule is CN(Cc1cccc(Cl)c1Cl)C(=O)CCc1ccncc1. The standard InChI is InChI=1S/C16H16Cl2N2O/c1-20(11-13-3-2-4-14(17)16(13)18)15(21)6-5-12-7-9-19-10-8-12/h2-4,7-10H,5-6,11H2,1H3. The number of carbonyl (C=O) groups is 1. The van der Waals surface area contributed by atoms with Crippen LogP contribution in [-0.2, 0) is 17.8 Å². The molecule has 1 amide bonds. The number of benzene rings is 1. The van der Waals surface area contributed by atoms with Crippen molar-refractivity contribution in [1.82, 2.24) is 9.88 Å². The predicted molar refractivity (Wildman–Crippen MR) is 85.5 cm³/mol. The Kier molecular flexibility index (Phi) is 5.59. The van der Waals surface area contributed by atoms with Crippen LogP contribution < -0.4 is 0 Å². The zero-order valence-corrected chi connectivity index (χ0v) is 13.2. The van der Waals surface area contributed by atoms with Crippen molar-refractivity contribution in [3.63, 3.8) is 0 Å². The Labute approximate surface area is 134 Å². The van der Waals surface area contributed by atoms with E-state index < -0.39 is 0 Å². The first kappa shape index (κ1) is 15.8. The lowest BCUT2D eigenvalue weighted by molar-refractivity contribution is -0.130. The number of nitrogens with zero attached hydrogens (tertiary/aromatic N) is 2. The Balaban J connectivity index is 1.92. The molecule has 0 radical (unpaired) electrons. The molecule has 0 aliphatic rings. The maximum absolute atomic E-state index is 12.2. The molecule has 0 saturated heterocycles. The average molecular weight is 323 g/mol. The van der Waals surface area contributed by atoms with E-state index in [4.69, 9.17) is 23.2 Å². The fourth-order valence-electron chi connectivity index (χ4n) is 2.01. The molecule has 0 fully saturated rings. The van der Waals surface area contributed by atoms with Gasteiger partial charge in [-0.2, -0.15) is 0 Å². The van der Waals surface area contributed by atoms with E-state index >= 15 is 0 Å². The van der Waals surface area contributed by atoms with Gasteiger partial charge in [-0.3, -0.25) is 9.78 Å². The molecule has 0 aliphatic heterocycles. The quantitative estimate of drug-likeness (QED) is 0.834. The number of hydrogen-bond acceptors (Lipinski definition) is 2. The highest BCUT2D eigenvalue weighted by atomic mass is 35.5. The van der Waals surface area contributed by atoms with Crippen molar-refractivity contribution >= 4 is 29.1 Å². The molecule has 110 valence electrons. The van der Waals surface area contributed by atoms with Crippen molar-refractivity contribution in [2.75, 3.05) is 7.05 Å². The van der Waals surface area contributed by atoms with Gasteiger partial charge in [-0.25, -0.2) is 0 Å². The number of amides is 1. The van der Waals surface area contributed by atoms with Gasteiger partial charge in [-0.15, -0.1) is 0 Å². The molecular formula is C16H16Cl2N2O. The number of aromatic nitrogens is 1. The molecule has 0 saturated carbocycles.